The van der Waals surface area contributed by atoms with Gasteiger partial charge in [-0.3, -0.25) is 11.3 Å². The van der Waals surface area contributed by atoms with Crippen LogP contribution in [0.25, 0.3) is 0 Å². The topological polar surface area (TPSA) is 44.5 Å². The number of thiophene rings is 1. The van der Waals surface area contributed by atoms with Crippen molar-refractivity contribution in [1.29, 1.82) is 0 Å². The third kappa shape index (κ3) is 4.24. The maximum Gasteiger partial charge on any atom is 0.0314 e. The number of piperazine rings is 1. The quantitative estimate of drug-likeness (QED) is 0.626. The van der Waals surface area contributed by atoms with Gasteiger partial charge in [0.25, 0.3) is 0 Å². The summed E-state index contributed by atoms with van der Waals surface area (Å²) in [6.07, 6.45) is 2.07. The van der Waals surface area contributed by atoms with Gasteiger partial charge in [-0.2, -0.15) is 0 Å². The molecule has 0 bridgehead atoms. The van der Waals surface area contributed by atoms with Gasteiger partial charge < -0.3 is 9.80 Å². The Kier molecular flexibility index (Phi) is 5.80. The van der Waals surface area contributed by atoms with E-state index in [-0.39, 0.29) is 0 Å². The van der Waals surface area contributed by atoms with Crippen LogP contribution in [0.1, 0.15) is 11.3 Å². The fourth-order valence-corrected chi connectivity index (χ4v) is 4.19. The SMILES string of the molecule is CN1CCN(C)C(CC(Cc2sccc2Br)NN)C1. The van der Waals surface area contributed by atoms with Crippen LogP contribution in [-0.4, -0.2) is 55.6 Å². The van der Waals surface area contributed by atoms with Crippen LogP contribution in [0.2, 0.25) is 0 Å². The van der Waals surface area contributed by atoms with Gasteiger partial charge >= 0.3 is 0 Å². The predicted octanol–water partition coefficient (Wildman–Crippen LogP) is 1.52. The van der Waals surface area contributed by atoms with Crippen molar-refractivity contribution in [3.8, 4) is 0 Å². The first-order valence-corrected chi connectivity index (χ1v) is 8.34. The lowest BCUT2D eigenvalue weighted by molar-refractivity contribution is 0.101. The molecule has 1 fully saturated rings. The third-order valence-corrected chi connectivity index (χ3v) is 5.84. The summed E-state index contributed by atoms with van der Waals surface area (Å²) >= 11 is 5.38. The number of nitrogens with two attached hydrogens (primary N) is 1. The van der Waals surface area contributed by atoms with E-state index in [1.807, 2.05) is 0 Å². The monoisotopic (exact) mass is 346 g/mol. The number of hydrogen-bond donors (Lipinski definition) is 2. The number of hydrazine groups is 1. The van der Waals surface area contributed by atoms with Crippen LogP contribution < -0.4 is 11.3 Å². The number of rotatable bonds is 5. The van der Waals surface area contributed by atoms with E-state index in [1.54, 1.807) is 11.3 Å². The van der Waals surface area contributed by atoms with Crippen molar-refractivity contribution in [1.82, 2.24) is 15.2 Å². The van der Waals surface area contributed by atoms with E-state index in [1.165, 1.54) is 9.35 Å². The summed E-state index contributed by atoms with van der Waals surface area (Å²) in [6.45, 7) is 3.42. The van der Waals surface area contributed by atoms with E-state index in [9.17, 15) is 0 Å². The highest BCUT2D eigenvalue weighted by atomic mass is 79.9. The first-order chi connectivity index (χ1) is 9.10. The average molecular weight is 347 g/mol. The summed E-state index contributed by atoms with van der Waals surface area (Å²) in [4.78, 5) is 6.22. The highest BCUT2D eigenvalue weighted by Crippen LogP contribution is 2.25. The lowest BCUT2D eigenvalue weighted by Crippen LogP contribution is -2.53. The van der Waals surface area contributed by atoms with Crippen molar-refractivity contribution in [2.24, 2.45) is 5.84 Å². The van der Waals surface area contributed by atoms with Gasteiger partial charge in [0.05, 0.1) is 0 Å². The van der Waals surface area contributed by atoms with Crippen LogP contribution in [0.3, 0.4) is 0 Å². The lowest BCUT2D eigenvalue weighted by atomic mass is 10.0. The molecule has 0 radical (unpaired) electrons. The Morgan fingerprint density at radius 3 is 2.95 bits per heavy atom. The van der Waals surface area contributed by atoms with Gasteiger partial charge in [0, 0.05) is 41.1 Å². The number of hydrogen-bond acceptors (Lipinski definition) is 5. The third-order valence-electron chi connectivity index (χ3n) is 3.90. The normalized spacial score (nSPS) is 23.7. The molecule has 1 aromatic rings. The van der Waals surface area contributed by atoms with E-state index in [2.05, 4.69) is 56.7 Å². The second-order valence-electron chi connectivity index (χ2n) is 5.39. The molecule has 108 valence electrons. The molecular formula is C13H23BrN4S. The molecule has 0 saturated carbocycles. The zero-order chi connectivity index (χ0) is 13.8. The van der Waals surface area contributed by atoms with Crippen molar-refractivity contribution in [3.05, 3.63) is 20.8 Å². The lowest BCUT2D eigenvalue weighted by Gasteiger charge is -2.39. The molecule has 1 aliphatic rings. The number of halogens is 1. The molecule has 19 heavy (non-hydrogen) atoms. The molecular weight excluding hydrogens is 324 g/mol. The zero-order valence-corrected chi connectivity index (χ0v) is 14.0. The summed E-state index contributed by atoms with van der Waals surface area (Å²) in [7, 11) is 4.41. The molecule has 0 aliphatic carbocycles. The molecule has 2 heterocycles. The fourth-order valence-electron chi connectivity index (χ4n) is 2.59. The van der Waals surface area contributed by atoms with Crippen LogP contribution in [0, 0.1) is 0 Å². The van der Waals surface area contributed by atoms with Gasteiger partial charge in [0.2, 0.25) is 0 Å². The Morgan fingerprint density at radius 1 is 1.53 bits per heavy atom. The van der Waals surface area contributed by atoms with Crippen LogP contribution in [-0.2, 0) is 6.42 Å². The van der Waals surface area contributed by atoms with E-state index >= 15 is 0 Å². The molecule has 0 spiro atoms. The van der Waals surface area contributed by atoms with Gasteiger partial charge in [0.15, 0.2) is 0 Å². The minimum absolute atomic E-state index is 0.328. The summed E-state index contributed by atoms with van der Waals surface area (Å²) < 4.78 is 1.20. The molecule has 2 unspecified atom stereocenters. The Balaban J connectivity index is 1.93. The first kappa shape index (κ1) is 15.4. The number of likely N-dealkylation sites (N-methyl/N-ethyl adjacent to an activating group) is 2. The first-order valence-electron chi connectivity index (χ1n) is 6.67. The maximum atomic E-state index is 5.74. The Bertz CT molecular complexity index is 398. The largest absolute Gasteiger partial charge is 0.304 e. The van der Waals surface area contributed by atoms with Crippen molar-refractivity contribution >= 4 is 27.3 Å². The molecule has 0 amide bonds. The van der Waals surface area contributed by atoms with Gasteiger partial charge in [-0.05, 0) is 54.3 Å². The van der Waals surface area contributed by atoms with E-state index in [0.29, 0.717) is 12.1 Å². The molecule has 2 atom stereocenters. The molecule has 1 saturated heterocycles. The van der Waals surface area contributed by atoms with Crippen molar-refractivity contribution in [2.45, 2.75) is 24.9 Å². The summed E-state index contributed by atoms with van der Waals surface area (Å²) in [5.41, 5.74) is 2.99. The van der Waals surface area contributed by atoms with E-state index in [4.69, 9.17) is 5.84 Å². The van der Waals surface area contributed by atoms with Crippen LogP contribution in [0.15, 0.2) is 15.9 Å². The van der Waals surface area contributed by atoms with E-state index < -0.39 is 0 Å². The standard InChI is InChI=1S/C13H23BrN4S/c1-17-4-5-18(2)11(9-17)7-10(16-15)8-13-12(14)3-6-19-13/h3,6,10-11,16H,4-5,7-9,15H2,1-2H3. The molecule has 2 rings (SSSR count). The smallest absolute Gasteiger partial charge is 0.0314 e. The average Bonchev–Trinajstić information content (AvgIpc) is 2.78. The maximum absolute atomic E-state index is 5.74. The summed E-state index contributed by atoms with van der Waals surface area (Å²) in [6, 6.07) is 3.01. The number of nitrogens with one attached hydrogen (secondary N) is 1. The fraction of sp³-hybridized carbons (Fsp3) is 0.692. The second-order valence-corrected chi connectivity index (χ2v) is 7.25. The molecule has 1 aromatic heterocycles. The van der Waals surface area contributed by atoms with Gasteiger partial charge in [-0.1, -0.05) is 0 Å². The molecule has 1 aliphatic heterocycles. The predicted molar refractivity (Wildman–Crippen MR) is 85.4 cm³/mol. The Morgan fingerprint density at radius 2 is 2.32 bits per heavy atom. The van der Waals surface area contributed by atoms with Gasteiger partial charge in [-0.25, -0.2) is 0 Å². The van der Waals surface area contributed by atoms with Gasteiger partial charge in [-0.15, -0.1) is 11.3 Å². The van der Waals surface area contributed by atoms with Crippen LogP contribution in [0.4, 0.5) is 0 Å². The van der Waals surface area contributed by atoms with Crippen molar-refractivity contribution in [2.75, 3.05) is 33.7 Å². The highest BCUT2D eigenvalue weighted by molar-refractivity contribution is 9.10. The Labute approximate surface area is 128 Å². The molecule has 0 aromatic carbocycles. The molecule has 6 heteroatoms. The van der Waals surface area contributed by atoms with Gasteiger partial charge in [0.1, 0.15) is 0 Å². The molecule has 4 nitrogen and oxygen atoms in total. The van der Waals surface area contributed by atoms with Crippen molar-refractivity contribution < 1.29 is 0 Å². The van der Waals surface area contributed by atoms with Crippen LogP contribution in [0.5, 0.6) is 0 Å². The van der Waals surface area contributed by atoms with Crippen LogP contribution >= 0.6 is 27.3 Å². The Hall–Kier alpha value is 0.0200. The summed E-state index contributed by atoms with van der Waals surface area (Å²) in [5, 5.41) is 2.12. The minimum Gasteiger partial charge on any atom is -0.304 e. The zero-order valence-electron chi connectivity index (χ0n) is 11.6. The minimum atomic E-state index is 0.328. The number of nitrogens with zero attached hydrogens (tertiary/aromatic N) is 2. The second kappa shape index (κ2) is 7.15. The molecule has 3 N–H and O–H groups in total. The van der Waals surface area contributed by atoms with E-state index in [0.717, 1.165) is 32.5 Å². The summed E-state index contributed by atoms with van der Waals surface area (Å²) in [5.74, 6) is 5.74. The highest BCUT2D eigenvalue weighted by Gasteiger charge is 2.25. The van der Waals surface area contributed by atoms with Crippen molar-refractivity contribution in [3.63, 3.8) is 0 Å².